The van der Waals surface area contributed by atoms with Gasteiger partial charge in [-0.2, -0.15) is 4.98 Å². The molecule has 0 unspecified atom stereocenters. The summed E-state index contributed by atoms with van der Waals surface area (Å²) < 4.78 is 26.2. The van der Waals surface area contributed by atoms with E-state index in [2.05, 4.69) is 25.6 Å². The lowest BCUT2D eigenvalue weighted by atomic mass is 9.80. The zero-order valence-electron chi connectivity index (χ0n) is 32.2. The Hall–Kier alpha value is -6.55. The number of hydrogen-bond acceptors (Lipinski definition) is 11. The summed E-state index contributed by atoms with van der Waals surface area (Å²) >= 11 is 0. The third-order valence-corrected chi connectivity index (χ3v) is 8.86. The number of amides is 2. The van der Waals surface area contributed by atoms with Crippen molar-refractivity contribution in [2.45, 2.75) is 31.0 Å². The van der Waals surface area contributed by atoms with Crippen molar-refractivity contribution in [3.63, 3.8) is 0 Å². The van der Waals surface area contributed by atoms with Gasteiger partial charge in [0.15, 0.2) is 11.2 Å². The first-order valence-corrected chi connectivity index (χ1v) is 17.8. The summed E-state index contributed by atoms with van der Waals surface area (Å²) in [7, 11) is 9.76. The third kappa shape index (κ3) is 9.57. The predicted molar refractivity (Wildman–Crippen MR) is 209 cm³/mol. The lowest BCUT2D eigenvalue weighted by Crippen LogP contribution is -2.46. The van der Waals surface area contributed by atoms with Gasteiger partial charge in [-0.3, -0.25) is 23.7 Å². The van der Waals surface area contributed by atoms with Gasteiger partial charge < -0.3 is 39.0 Å². The maximum atomic E-state index is 13.8. The monoisotopic (exact) mass is 766 g/mol. The predicted octanol–water partition coefficient (Wildman–Crippen LogP) is 2.93. The molecule has 5 aromatic rings. The van der Waals surface area contributed by atoms with Crippen LogP contribution >= 0.6 is 0 Å². The normalized spacial score (nSPS) is 12.0. The van der Waals surface area contributed by atoms with Crippen LogP contribution in [0.4, 0.5) is 5.95 Å². The van der Waals surface area contributed by atoms with Crippen LogP contribution < -0.4 is 25.7 Å². The van der Waals surface area contributed by atoms with Crippen LogP contribution in [0.3, 0.4) is 0 Å². The molecule has 2 amide bonds. The molecule has 0 spiro atoms. The fraction of sp³-hybridized carbons (Fsp3) is 0.325. The fourth-order valence-corrected chi connectivity index (χ4v) is 5.93. The summed E-state index contributed by atoms with van der Waals surface area (Å²) in [5, 5.41) is 5.42. The summed E-state index contributed by atoms with van der Waals surface area (Å²) in [6.45, 7) is -0.703. The summed E-state index contributed by atoms with van der Waals surface area (Å²) in [5.74, 6) is -0.0142. The van der Waals surface area contributed by atoms with Crippen LogP contribution in [0.2, 0.25) is 0 Å². The highest BCUT2D eigenvalue weighted by Crippen LogP contribution is 2.41. The van der Waals surface area contributed by atoms with Crippen molar-refractivity contribution in [1.29, 1.82) is 0 Å². The zero-order chi connectivity index (χ0) is 40.2. The molecule has 294 valence electrons. The Bertz CT molecular complexity index is 2150. The van der Waals surface area contributed by atoms with Gasteiger partial charge >= 0.3 is 5.97 Å². The number of rotatable bonds is 18. The van der Waals surface area contributed by atoms with E-state index in [0.29, 0.717) is 11.5 Å². The fourth-order valence-electron chi connectivity index (χ4n) is 5.93. The number of methoxy groups -OCH3 is 2. The molecule has 0 aliphatic heterocycles. The van der Waals surface area contributed by atoms with Gasteiger partial charge in [0.05, 0.1) is 46.0 Å². The lowest BCUT2D eigenvalue weighted by Gasteiger charge is -2.37. The summed E-state index contributed by atoms with van der Waals surface area (Å²) in [6, 6.07) is 23.7. The summed E-state index contributed by atoms with van der Waals surface area (Å²) in [5.41, 5.74) is 0.878. The molecule has 0 saturated heterocycles. The Kier molecular flexibility index (Phi) is 13.5. The van der Waals surface area contributed by atoms with E-state index in [9.17, 15) is 19.2 Å². The second-order valence-electron chi connectivity index (χ2n) is 13.0. The average Bonchev–Trinajstić information content (AvgIpc) is 3.62. The average molecular weight is 767 g/mol. The largest absolute Gasteiger partial charge is 0.497 e. The molecule has 16 heteroatoms. The van der Waals surface area contributed by atoms with Gasteiger partial charge in [0, 0.05) is 34.6 Å². The molecule has 0 fully saturated rings. The highest BCUT2D eigenvalue weighted by atomic mass is 16.5. The van der Waals surface area contributed by atoms with Crippen LogP contribution in [0.25, 0.3) is 11.2 Å². The Morgan fingerprint density at radius 3 is 2.05 bits per heavy atom. The first-order valence-electron chi connectivity index (χ1n) is 17.8. The Balaban J connectivity index is 1.50. The molecular weight excluding hydrogens is 720 g/mol. The molecule has 3 aromatic carbocycles. The van der Waals surface area contributed by atoms with Crippen molar-refractivity contribution < 1.29 is 33.3 Å². The number of carbonyl (C=O) groups excluding carboxylic acids is 3. The van der Waals surface area contributed by atoms with Crippen LogP contribution in [0.5, 0.6) is 11.5 Å². The minimum absolute atomic E-state index is 0.0599. The number of nitrogens with zero attached hydrogens (tertiary/aromatic N) is 6. The van der Waals surface area contributed by atoms with Gasteiger partial charge in [-0.15, -0.1) is 0 Å². The van der Waals surface area contributed by atoms with E-state index in [1.807, 2.05) is 78.9 Å². The smallest absolute Gasteiger partial charge is 0.306 e. The highest BCUT2D eigenvalue weighted by Gasteiger charge is 2.39. The van der Waals surface area contributed by atoms with E-state index in [4.69, 9.17) is 18.9 Å². The minimum Gasteiger partial charge on any atom is -0.497 e. The van der Waals surface area contributed by atoms with E-state index in [-0.39, 0.29) is 55.6 Å². The van der Waals surface area contributed by atoms with Crippen LogP contribution in [-0.4, -0.2) is 103 Å². The quantitative estimate of drug-likeness (QED) is 0.0580. The zero-order valence-corrected chi connectivity index (χ0v) is 32.2. The number of benzene rings is 3. The molecule has 1 atom stereocenters. The van der Waals surface area contributed by atoms with Crippen LogP contribution in [-0.2, 0) is 43.1 Å². The molecule has 16 nitrogen and oxygen atoms in total. The molecule has 2 N–H and O–H groups in total. The van der Waals surface area contributed by atoms with E-state index < -0.39 is 29.1 Å². The third-order valence-electron chi connectivity index (χ3n) is 8.86. The van der Waals surface area contributed by atoms with Gasteiger partial charge in [-0.1, -0.05) is 54.6 Å². The maximum Gasteiger partial charge on any atom is 0.306 e. The van der Waals surface area contributed by atoms with Crippen molar-refractivity contribution in [2.75, 3.05) is 48.6 Å². The molecule has 0 radical (unpaired) electrons. The van der Waals surface area contributed by atoms with E-state index in [0.717, 1.165) is 16.7 Å². The second-order valence-corrected chi connectivity index (χ2v) is 13.0. The van der Waals surface area contributed by atoms with Gasteiger partial charge in [0.2, 0.25) is 17.8 Å². The van der Waals surface area contributed by atoms with Gasteiger partial charge in [0.25, 0.3) is 5.56 Å². The Morgan fingerprint density at radius 1 is 0.875 bits per heavy atom. The van der Waals surface area contributed by atoms with E-state index in [1.54, 1.807) is 33.2 Å². The van der Waals surface area contributed by atoms with Crippen molar-refractivity contribution in [2.24, 2.45) is 12.0 Å². The minimum atomic E-state index is -1.24. The molecule has 2 aromatic heterocycles. The van der Waals surface area contributed by atoms with Crippen molar-refractivity contribution in [1.82, 2.24) is 34.6 Å². The molecule has 0 bridgehead atoms. The molecule has 0 saturated carbocycles. The molecule has 2 heterocycles. The molecule has 5 rings (SSSR count). The first kappa shape index (κ1) is 40.6. The van der Waals surface area contributed by atoms with Crippen LogP contribution in [0.15, 0.2) is 95.0 Å². The van der Waals surface area contributed by atoms with Gasteiger partial charge in [-0.05, 0) is 41.0 Å². The molecular formula is C40H46N8O8. The first-order chi connectivity index (χ1) is 27.0. The number of ether oxygens (including phenoxy) is 4. The van der Waals surface area contributed by atoms with E-state index in [1.165, 1.54) is 35.9 Å². The Labute approximate surface area is 324 Å². The molecule has 0 aliphatic rings. The number of aromatic nitrogens is 4. The maximum absolute atomic E-state index is 13.8. The van der Waals surface area contributed by atoms with Crippen molar-refractivity contribution in [3.05, 3.63) is 112 Å². The number of esters is 1. The number of carbonyl (C=O) groups is 3. The number of imidazole rings is 1. The van der Waals surface area contributed by atoms with Gasteiger partial charge in [0.1, 0.15) is 30.3 Å². The van der Waals surface area contributed by atoms with Crippen LogP contribution in [0, 0.1) is 0 Å². The van der Waals surface area contributed by atoms with Crippen molar-refractivity contribution >= 4 is 41.2 Å². The number of nitrogens with one attached hydrogen (secondary N) is 2. The highest BCUT2D eigenvalue weighted by molar-refractivity contribution is 5.81. The van der Waals surface area contributed by atoms with E-state index >= 15 is 0 Å². The molecule has 0 aliphatic carbocycles. The summed E-state index contributed by atoms with van der Waals surface area (Å²) in [6.07, 6.45) is 2.65. The second kappa shape index (κ2) is 18.7. The number of hydrogen-bond donors (Lipinski definition) is 2. The number of fused-ring (bicyclic) bond motifs is 1. The lowest BCUT2D eigenvalue weighted by molar-refractivity contribution is -0.147. The number of aliphatic imine (C=N–C) groups is 1. The standard InChI is InChI=1S/C40H46N8O8/c1-41-33(49)20-21-35(51)55-23-30(44-34(50)22-48-26-42-36-37(48)45-39(43-25-46(2)3)47(4)38(36)52)24-56-40(27-10-8-7-9-11-27,28-12-16-31(53-5)17-13-28)29-14-18-32(54-6)19-15-29/h7-19,25-26,30H,20-24H2,1-6H3,(H,41,49)(H,44,50)/b43-25+/t30-/m1/s1. The van der Waals surface area contributed by atoms with Crippen molar-refractivity contribution in [3.8, 4) is 11.5 Å². The Morgan fingerprint density at radius 2 is 1.48 bits per heavy atom. The summed E-state index contributed by atoms with van der Waals surface area (Å²) in [4.78, 5) is 66.2. The topological polar surface area (TPSA) is 181 Å². The van der Waals surface area contributed by atoms with Crippen LogP contribution in [0.1, 0.15) is 29.5 Å². The molecule has 56 heavy (non-hydrogen) atoms. The SMILES string of the molecule is CNC(=O)CCC(=O)OC[C@H](COC(c1ccccc1)(c1ccc(OC)cc1)c1ccc(OC)cc1)NC(=O)Cn1cnc2c(=O)n(C)c(/N=C/N(C)C)nc21. The van der Waals surface area contributed by atoms with Gasteiger partial charge in [-0.25, -0.2) is 9.98 Å².